The first kappa shape index (κ1) is 21.0. The maximum Gasteiger partial charge on any atom is 0.238 e. The van der Waals surface area contributed by atoms with Gasteiger partial charge in [-0.05, 0) is 45.4 Å². The molecule has 1 N–H and O–H groups in total. The van der Waals surface area contributed by atoms with Crippen molar-refractivity contribution in [3.05, 3.63) is 18.2 Å². The van der Waals surface area contributed by atoms with E-state index in [1.54, 1.807) is 31.1 Å². The van der Waals surface area contributed by atoms with Crippen molar-refractivity contribution in [2.45, 2.75) is 26.7 Å². The van der Waals surface area contributed by atoms with Crippen molar-refractivity contribution in [3.8, 4) is 11.5 Å². The van der Waals surface area contributed by atoms with Gasteiger partial charge in [0.15, 0.2) is 0 Å². The second kappa shape index (κ2) is 10.2. The number of likely N-dealkylation sites (tertiary alicyclic amines) is 1. The molecule has 1 saturated heterocycles. The maximum atomic E-state index is 12.6. The highest BCUT2D eigenvalue weighted by Gasteiger charge is 2.27. The van der Waals surface area contributed by atoms with E-state index < -0.39 is 0 Å². The summed E-state index contributed by atoms with van der Waals surface area (Å²) in [4.78, 5) is 28.4. The molecule has 1 aromatic carbocycles. The lowest BCUT2D eigenvalue weighted by atomic mass is 9.97. The number of ether oxygens (including phenoxy) is 2. The molecule has 2 rings (SSSR count). The molecule has 0 radical (unpaired) electrons. The summed E-state index contributed by atoms with van der Waals surface area (Å²) >= 11 is 0. The van der Waals surface area contributed by atoms with Gasteiger partial charge in [0.1, 0.15) is 11.5 Å². The van der Waals surface area contributed by atoms with E-state index in [1.807, 2.05) is 24.8 Å². The first-order chi connectivity index (χ1) is 12.9. The van der Waals surface area contributed by atoms with Crippen LogP contribution in [-0.4, -0.2) is 68.6 Å². The number of carbonyl (C=O) groups is 2. The van der Waals surface area contributed by atoms with E-state index in [0.29, 0.717) is 36.9 Å². The monoisotopic (exact) mass is 377 g/mol. The number of benzene rings is 1. The zero-order valence-electron chi connectivity index (χ0n) is 16.8. The van der Waals surface area contributed by atoms with Crippen molar-refractivity contribution < 1.29 is 19.1 Å². The molecule has 1 aromatic rings. The van der Waals surface area contributed by atoms with Crippen LogP contribution in [0.5, 0.6) is 11.5 Å². The molecule has 27 heavy (non-hydrogen) atoms. The van der Waals surface area contributed by atoms with E-state index >= 15 is 0 Å². The summed E-state index contributed by atoms with van der Waals surface area (Å²) in [5.74, 6) is 1.27. The Hall–Kier alpha value is -2.28. The summed E-state index contributed by atoms with van der Waals surface area (Å²) in [6, 6.07) is 5.41. The van der Waals surface area contributed by atoms with Gasteiger partial charge in [-0.25, -0.2) is 0 Å². The summed E-state index contributed by atoms with van der Waals surface area (Å²) in [5, 5.41) is 2.93. The number of hydrogen-bond donors (Lipinski definition) is 1. The zero-order valence-corrected chi connectivity index (χ0v) is 16.8. The fourth-order valence-corrected chi connectivity index (χ4v) is 3.30. The minimum atomic E-state index is -0.123. The van der Waals surface area contributed by atoms with Crippen molar-refractivity contribution in [2.24, 2.45) is 5.92 Å². The summed E-state index contributed by atoms with van der Waals surface area (Å²) in [6.45, 7) is 6.56. The van der Waals surface area contributed by atoms with E-state index in [9.17, 15) is 9.59 Å². The van der Waals surface area contributed by atoms with Gasteiger partial charge < -0.3 is 19.7 Å². The van der Waals surface area contributed by atoms with Crippen LogP contribution in [0.2, 0.25) is 0 Å². The van der Waals surface area contributed by atoms with Crippen LogP contribution in [-0.2, 0) is 9.59 Å². The molecule has 1 unspecified atom stereocenters. The standard InChI is InChI=1S/C20H31N3O4/c1-5-26-16-9-10-18(27-6-2)17(12-16)21-19(24)14-23-11-7-8-15(13-23)20(25)22(3)4/h9-10,12,15H,5-8,11,13-14H2,1-4H3,(H,21,24). The van der Waals surface area contributed by atoms with Crippen molar-refractivity contribution in [2.75, 3.05) is 52.3 Å². The first-order valence-electron chi connectivity index (χ1n) is 9.57. The number of rotatable bonds is 8. The summed E-state index contributed by atoms with van der Waals surface area (Å²) in [5.41, 5.74) is 0.603. The fraction of sp³-hybridized carbons (Fsp3) is 0.600. The van der Waals surface area contributed by atoms with Crippen molar-refractivity contribution in [3.63, 3.8) is 0 Å². The fourth-order valence-electron chi connectivity index (χ4n) is 3.30. The molecule has 0 bridgehead atoms. The van der Waals surface area contributed by atoms with Crippen molar-refractivity contribution in [1.82, 2.24) is 9.80 Å². The molecule has 7 nitrogen and oxygen atoms in total. The predicted molar refractivity (Wildman–Crippen MR) is 105 cm³/mol. The van der Waals surface area contributed by atoms with E-state index in [1.165, 1.54) is 0 Å². The molecule has 0 spiro atoms. The third-order valence-corrected chi connectivity index (χ3v) is 4.50. The molecular formula is C20H31N3O4. The van der Waals surface area contributed by atoms with E-state index in [-0.39, 0.29) is 24.3 Å². The molecule has 0 saturated carbocycles. The molecule has 1 atom stereocenters. The van der Waals surface area contributed by atoms with Gasteiger partial charge in [-0.1, -0.05) is 0 Å². The Morgan fingerprint density at radius 2 is 1.96 bits per heavy atom. The molecule has 150 valence electrons. The van der Waals surface area contributed by atoms with Gasteiger partial charge in [-0.2, -0.15) is 0 Å². The second-order valence-electron chi connectivity index (χ2n) is 6.88. The molecule has 1 aliphatic rings. The van der Waals surface area contributed by atoms with Crippen molar-refractivity contribution >= 4 is 17.5 Å². The SMILES string of the molecule is CCOc1ccc(OCC)c(NC(=O)CN2CCCC(C(=O)N(C)C)C2)c1. The molecular weight excluding hydrogens is 346 g/mol. The Balaban J connectivity index is 2.00. The molecule has 1 aliphatic heterocycles. The lowest BCUT2D eigenvalue weighted by Crippen LogP contribution is -2.45. The van der Waals surface area contributed by atoms with Crippen LogP contribution in [0.15, 0.2) is 18.2 Å². The van der Waals surface area contributed by atoms with Crippen LogP contribution in [0.25, 0.3) is 0 Å². The number of amides is 2. The van der Waals surface area contributed by atoms with Crippen LogP contribution in [0.4, 0.5) is 5.69 Å². The third-order valence-electron chi connectivity index (χ3n) is 4.50. The molecule has 0 aromatic heterocycles. The Morgan fingerprint density at radius 3 is 2.63 bits per heavy atom. The minimum Gasteiger partial charge on any atom is -0.494 e. The number of nitrogens with zero attached hydrogens (tertiary/aromatic N) is 2. The highest BCUT2D eigenvalue weighted by molar-refractivity contribution is 5.94. The average Bonchev–Trinajstić information content (AvgIpc) is 2.63. The topological polar surface area (TPSA) is 71.1 Å². The highest BCUT2D eigenvalue weighted by Crippen LogP contribution is 2.29. The van der Waals surface area contributed by atoms with Crippen LogP contribution >= 0.6 is 0 Å². The van der Waals surface area contributed by atoms with Gasteiger partial charge in [0.2, 0.25) is 11.8 Å². The summed E-state index contributed by atoms with van der Waals surface area (Å²) in [6.07, 6.45) is 1.79. The van der Waals surface area contributed by atoms with Crippen molar-refractivity contribution in [1.29, 1.82) is 0 Å². The molecule has 1 fully saturated rings. The number of carbonyl (C=O) groups excluding carboxylic acids is 2. The molecule has 0 aliphatic carbocycles. The zero-order chi connectivity index (χ0) is 19.8. The lowest BCUT2D eigenvalue weighted by Gasteiger charge is -2.32. The van der Waals surface area contributed by atoms with Gasteiger partial charge in [0, 0.05) is 26.7 Å². The predicted octanol–water partition coefficient (Wildman–Crippen LogP) is 2.22. The number of piperidine rings is 1. The van der Waals surface area contributed by atoms with Gasteiger partial charge in [-0.15, -0.1) is 0 Å². The van der Waals surface area contributed by atoms with E-state index in [2.05, 4.69) is 5.32 Å². The van der Waals surface area contributed by atoms with Gasteiger partial charge >= 0.3 is 0 Å². The normalized spacial score (nSPS) is 17.3. The molecule has 2 amide bonds. The Morgan fingerprint density at radius 1 is 1.22 bits per heavy atom. The van der Waals surface area contributed by atoms with Gasteiger partial charge in [0.25, 0.3) is 0 Å². The van der Waals surface area contributed by atoms with Crippen LogP contribution in [0, 0.1) is 5.92 Å². The number of hydrogen-bond acceptors (Lipinski definition) is 5. The third kappa shape index (κ3) is 6.13. The molecule has 1 heterocycles. The minimum absolute atomic E-state index is 0.0400. The van der Waals surface area contributed by atoms with Crippen LogP contribution < -0.4 is 14.8 Å². The largest absolute Gasteiger partial charge is 0.494 e. The maximum absolute atomic E-state index is 12.6. The lowest BCUT2D eigenvalue weighted by molar-refractivity contribution is -0.135. The Labute approximate surface area is 161 Å². The Bertz CT molecular complexity index is 648. The second-order valence-corrected chi connectivity index (χ2v) is 6.88. The highest BCUT2D eigenvalue weighted by atomic mass is 16.5. The van der Waals surface area contributed by atoms with Crippen LogP contribution in [0.1, 0.15) is 26.7 Å². The average molecular weight is 377 g/mol. The smallest absolute Gasteiger partial charge is 0.238 e. The van der Waals surface area contributed by atoms with Gasteiger partial charge in [-0.3, -0.25) is 14.5 Å². The Kier molecular flexibility index (Phi) is 7.91. The number of nitrogens with one attached hydrogen (secondary N) is 1. The van der Waals surface area contributed by atoms with E-state index in [4.69, 9.17) is 9.47 Å². The van der Waals surface area contributed by atoms with Crippen LogP contribution in [0.3, 0.4) is 0 Å². The number of anilines is 1. The summed E-state index contributed by atoms with van der Waals surface area (Å²) in [7, 11) is 3.54. The first-order valence-corrected chi connectivity index (χ1v) is 9.57. The van der Waals surface area contributed by atoms with E-state index in [0.717, 1.165) is 19.4 Å². The quantitative estimate of drug-likeness (QED) is 0.752. The molecule has 7 heteroatoms. The van der Waals surface area contributed by atoms with Gasteiger partial charge in [0.05, 0.1) is 31.4 Å². The summed E-state index contributed by atoms with van der Waals surface area (Å²) < 4.78 is 11.1.